The van der Waals surface area contributed by atoms with E-state index in [0.717, 1.165) is 0 Å². The van der Waals surface area contributed by atoms with Crippen LogP contribution in [-0.4, -0.2) is 9.54 Å². The van der Waals surface area contributed by atoms with Gasteiger partial charge in [-0.05, 0) is 43.2 Å². The minimum Gasteiger partial charge on any atom is -0.330 e. The summed E-state index contributed by atoms with van der Waals surface area (Å²) in [5, 5.41) is 0. The molecule has 2 aliphatic rings. The van der Waals surface area contributed by atoms with Gasteiger partial charge in [-0.1, -0.05) is 0 Å². The molecule has 2 aliphatic heterocycles. The van der Waals surface area contributed by atoms with E-state index >= 15 is 0 Å². The summed E-state index contributed by atoms with van der Waals surface area (Å²) in [6, 6.07) is 0. The van der Waals surface area contributed by atoms with Crippen molar-refractivity contribution in [3.8, 4) is 0 Å². The van der Waals surface area contributed by atoms with Crippen molar-refractivity contribution in [1.29, 1.82) is 0 Å². The van der Waals surface area contributed by atoms with Gasteiger partial charge in [-0.25, -0.2) is 0 Å². The first kappa shape index (κ1) is 5.17. The van der Waals surface area contributed by atoms with E-state index in [4.69, 9.17) is 4.74 Å². The fourth-order valence-corrected chi connectivity index (χ4v) is 2.04. The Bertz CT molecular complexity index is 67.8. The Kier molecular flexibility index (Phi) is 1.44. The highest BCUT2D eigenvalue weighted by Gasteiger charge is 2.35. The van der Waals surface area contributed by atoms with Gasteiger partial charge in [-0.3, -0.25) is 0 Å². The predicted molar refractivity (Wildman–Crippen MR) is 39.0 cm³/mol. The van der Waals surface area contributed by atoms with Gasteiger partial charge in [-0.2, -0.15) is 0 Å². The number of ether oxygens (including phenoxy) is 1. The summed E-state index contributed by atoms with van der Waals surface area (Å²) in [5.74, 6) is 0. The topological polar surface area (TPSA) is 9.23 Å². The maximum atomic E-state index is 5.32. The average molecular weight is 170 g/mol. The normalized spacial score (nSPS) is 30.9. The highest BCUT2D eigenvalue weighted by atomic mass is 33.2. The van der Waals surface area contributed by atoms with Crippen LogP contribution in [0.2, 0.25) is 0 Å². The molecule has 0 radical (unpaired) electrons. The lowest BCUT2D eigenvalue weighted by molar-refractivity contribution is 0.210. The third-order valence-electron chi connectivity index (χ3n) is 0.572. The quantitative estimate of drug-likeness (QED) is 0.463. The van der Waals surface area contributed by atoms with E-state index in [9.17, 15) is 0 Å². The minimum absolute atomic E-state index is 0.479. The Hall–Kier alpha value is 1.36. The first-order chi connectivity index (χ1) is 3.45. The van der Waals surface area contributed by atoms with Crippen molar-refractivity contribution in [3.05, 3.63) is 0 Å². The zero-order valence-corrected chi connectivity index (χ0v) is 6.46. The maximum absolute atomic E-state index is 5.32. The van der Waals surface area contributed by atoms with Crippen molar-refractivity contribution in [2.75, 3.05) is 0 Å². The number of rotatable bonds is 2. The molecule has 1 nitrogen and oxygen atoms in total. The second-order valence-electron chi connectivity index (χ2n) is 1.10. The molecule has 0 aromatic rings. The van der Waals surface area contributed by atoms with E-state index in [1.54, 1.807) is 43.2 Å². The Morgan fingerprint density at radius 1 is 0.857 bits per heavy atom. The minimum atomic E-state index is 0.479. The fraction of sp³-hybridized carbons (Fsp3) is 1.00. The highest BCUT2D eigenvalue weighted by molar-refractivity contribution is 8.93. The lowest BCUT2D eigenvalue weighted by atomic mass is 11.5. The maximum Gasteiger partial charge on any atom is 0.171 e. The molecule has 0 aromatic heterocycles. The molecule has 0 saturated carbocycles. The van der Waals surface area contributed by atoms with E-state index in [-0.39, 0.29) is 0 Å². The predicted octanol–water partition coefficient (Wildman–Crippen LogP) is 2.36. The smallest absolute Gasteiger partial charge is 0.171 e. The Balaban J connectivity index is 1.69. The number of hydrogen-bond donors (Lipinski definition) is 0. The number of hydrogen-bond acceptors (Lipinski definition) is 5. The Morgan fingerprint density at radius 3 is 1.57 bits per heavy atom. The molecule has 0 spiro atoms. The lowest BCUT2D eigenvalue weighted by Crippen LogP contribution is -1.88. The monoisotopic (exact) mass is 170 g/mol. The third kappa shape index (κ3) is 1.64. The zero-order valence-electron chi connectivity index (χ0n) is 3.20. The zero-order chi connectivity index (χ0) is 4.69. The fourth-order valence-electron chi connectivity index (χ4n) is 0.227. The van der Waals surface area contributed by atoms with Crippen LogP contribution in [-0.2, 0) is 4.74 Å². The summed E-state index contributed by atoms with van der Waals surface area (Å²) in [7, 11) is 7.22. The second kappa shape index (κ2) is 1.95. The van der Waals surface area contributed by atoms with Crippen molar-refractivity contribution in [2.45, 2.75) is 9.54 Å². The third-order valence-corrected chi connectivity index (χ3v) is 3.81. The van der Waals surface area contributed by atoms with Gasteiger partial charge in [-0.15, -0.1) is 0 Å². The molecule has 2 saturated heterocycles. The van der Waals surface area contributed by atoms with Gasteiger partial charge in [0, 0.05) is 0 Å². The molecule has 2 fully saturated rings. The van der Waals surface area contributed by atoms with Crippen molar-refractivity contribution in [3.63, 3.8) is 0 Å². The van der Waals surface area contributed by atoms with Crippen molar-refractivity contribution in [2.24, 2.45) is 0 Å². The van der Waals surface area contributed by atoms with Gasteiger partial charge >= 0.3 is 0 Å². The molecule has 0 N–H and O–H groups in total. The molecule has 0 unspecified atom stereocenters. The van der Waals surface area contributed by atoms with Crippen LogP contribution in [0.5, 0.6) is 0 Å². The van der Waals surface area contributed by atoms with Gasteiger partial charge in [0.05, 0.1) is 0 Å². The Morgan fingerprint density at radius 2 is 1.29 bits per heavy atom. The molecule has 0 amide bonds. The van der Waals surface area contributed by atoms with Crippen LogP contribution in [0.15, 0.2) is 0 Å². The summed E-state index contributed by atoms with van der Waals surface area (Å²) in [5.41, 5.74) is 0. The van der Waals surface area contributed by atoms with Crippen LogP contribution in [0.3, 0.4) is 0 Å². The summed E-state index contributed by atoms with van der Waals surface area (Å²) < 4.78 is 6.28. The molecule has 2 heterocycles. The van der Waals surface area contributed by atoms with E-state index in [1.165, 1.54) is 0 Å². The highest BCUT2D eigenvalue weighted by Crippen LogP contribution is 2.62. The molecule has 40 valence electrons. The molecule has 0 atom stereocenters. The van der Waals surface area contributed by atoms with Crippen molar-refractivity contribution < 1.29 is 4.74 Å². The first-order valence-corrected chi connectivity index (χ1v) is 6.30. The van der Waals surface area contributed by atoms with E-state index in [2.05, 4.69) is 0 Å². The molecular formula is C2H2OS4. The van der Waals surface area contributed by atoms with Gasteiger partial charge < -0.3 is 4.74 Å². The van der Waals surface area contributed by atoms with Gasteiger partial charge in [0.2, 0.25) is 0 Å². The van der Waals surface area contributed by atoms with Gasteiger partial charge in [0.15, 0.2) is 9.54 Å². The van der Waals surface area contributed by atoms with Crippen molar-refractivity contribution >= 4 is 43.2 Å². The van der Waals surface area contributed by atoms with E-state index < -0.39 is 0 Å². The average Bonchev–Trinajstić information content (AvgIpc) is 2.33. The standard InChI is InChI=1S/C2H2OS4/c3(1-4-5-1)2-6-7-2/h1-2H. The summed E-state index contributed by atoms with van der Waals surface area (Å²) in [6.45, 7) is 0. The van der Waals surface area contributed by atoms with Crippen LogP contribution in [0.4, 0.5) is 0 Å². The summed E-state index contributed by atoms with van der Waals surface area (Å²) in [6.07, 6.45) is 0. The molecule has 5 heteroatoms. The van der Waals surface area contributed by atoms with Crippen LogP contribution in [0.25, 0.3) is 0 Å². The van der Waals surface area contributed by atoms with E-state index in [0.29, 0.717) is 9.54 Å². The SMILES string of the molecule is O(C1SS1)C1SS1. The largest absolute Gasteiger partial charge is 0.330 e. The molecule has 7 heavy (non-hydrogen) atoms. The van der Waals surface area contributed by atoms with E-state index in [1.807, 2.05) is 0 Å². The summed E-state index contributed by atoms with van der Waals surface area (Å²) in [4.78, 5) is 0. The molecule has 2 rings (SSSR count). The van der Waals surface area contributed by atoms with Crippen molar-refractivity contribution in [1.82, 2.24) is 0 Å². The Labute approximate surface area is 57.5 Å². The van der Waals surface area contributed by atoms with Gasteiger partial charge in [0.1, 0.15) is 0 Å². The molecule has 0 bridgehead atoms. The first-order valence-electron chi connectivity index (χ1n) is 1.75. The van der Waals surface area contributed by atoms with Crippen LogP contribution < -0.4 is 0 Å². The van der Waals surface area contributed by atoms with Crippen LogP contribution in [0.1, 0.15) is 0 Å². The van der Waals surface area contributed by atoms with Gasteiger partial charge in [0.25, 0.3) is 0 Å². The summed E-state index contributed by atoms with van der Waals surface area (Å²) >= 11 is 0. The van der Waals surface area contributed by atoms with Crippen LogP contribution >= 0.6 is 43.2 Å². The molecule has 0 aliphatic carbocycles. The van der Waals surface area contributed by atoms with Crippen LogP contribution in [0, 0.1) is 0 Å². The molecular weight excluding hydrogens is 168 g/mol. The molecule has 0 aromatic carbocycles. The second-order valence-corrected chi connectivity index (χ2v) is 6.49. The lowest BCUT2D eigenvalue weighted by Gasteiger charge is -1.85.